The number of ketones is 1. The molecule has 1 saturated heterocycles. The van der Waals surface area contributed by atoms with E-state index < -0.39 is 105 Å². The van der Waals surface area contributed by atoms with E-state index in [-0.39, 0.29) is 31.5 Å². The number of likely N-dealkylation sites (tertiary alicyclic amines) is 1. The number of esters is 2. The van der Waals surface area contributed by atoms with Crippen LogP contribution in [0.15, 0.2) is 30.3 Å². The molecule has 7 bridgehead atoms. The predicted octanol–water partition coefficient (Wildman–Crippen LogP) is 0.852. The van der Waals surface area contributed by atoms with Crippen molar-refractivity contribution in [1.82, 2.24) is 0 Å². The molecule has 0 radical (unpaired) electrons. The fraction of sp³-hybridized carbons (Fsp3) is 0.719. The summed E-state index contributed by atoms with van der Waals surface area (Å²) in [4.78, 5) is 40.5. The van der Waals surface area contributed by atoms with Crippen LogP contribution in [0.5, 0.6) is 0 Å². The first-order chi connectivity index (χ1) is 20.9. The van der Waals surface area contributed by atoms with Crippen molar-refractivity contribution >= 4 is 17.7 Å². The van der Waals surface area contributed by atoms with Crippen LogP contribution in [-0.2, 0) is 33.3 Å². The van der Waals surface area contributed by atoms with E-state index in [0.29, 0.717) is 0 Å². The number of ether oxygens (including phenoxy) is 5. The van der Waals surface area contributed by atoms with Gasteiger partial charge in [-0.05, 0) is 31.4 Å². The summed E-state index contributed by atoms with van der Waals surface area (Å²) in [6.07, 6.45) is -5.15. The van der Waals surface area contributed by atoms with Crippen LogP contribution in [0, 0.1) is 40.2 Å². The van der Waals surface area contributed by atoms with Crippen LogP contribution in [0.4, 0.5) is 0 Å². The normalized spacial score (nSPS) is 51.2. The maximum Gasteiger partial charge on any atom is 0.338 e. The average Bonchev–Trinajstić information content (AvgIpc) is 3.39. The number of aliphatic hydroxyl groups is 2. The molecule has 6 aliphatic rings. The van der Waals surface area contributed by atoms with Crippen LogP contribution in [-0.4, -0.2) is 115 Å². The van der Waals surface area contributed by atoms with E-state index >= 15 is 5.21 Å². The van der Waals surface area contributed by atoms with Crippen molar-refractivity contribution in [3.63, 3.8) is 0 Å². The molecule has 1 aliphatic heterocycles. The van der Waals surface area contributed by atoms with Gasteiger partial charge < -0.3 is 43.8 Å². The lowest BCUT2D eigenvalue weighted by atomic mass is 9.45. The number of benzene rings is 1. The van der Waals surface area contributed by atoms with Crippen LogP contribution in [0.2, 0.25) is 0 Å². The van der Waals surface area contributed by atoms with Gasteiger partial charge in [0.1, 0.15) is 29.9 Å². The van der Waals surface area contributed by atoms with E-state index in [2.05, 4.69) is 0 Å². The Bertz CT molecular complexity index is 1370. The molecule has 1 spiro atoms. The Balaban J connectivity index is 1.48. The first-order valence-corrected chi connectivity index (χ1v) is 15.5. The van der Waals surface area contributed by atoms with Gasteiger partial charge in [0.25, 0.3) is 0 Å². The third-order valence-electron chi connectivity index (χ3n) is 12.6. The maximum atomic E-state index is 15.2. The summed E-state index contributed by atoms with van der Waals surface area (Å²) >= 11 is 0. The van der Waals surface area contributed by atoms with Gasteiger partial charge in [0.15, 0.2) is 11.9 Å². The molecule has 12 heteroatoms. The zero-order valence-electron chi connectivity index (χ0n) is 25.6. The van der Waals surface area contributed by atoms with Gasteiger partial charge in [0.05, 0.1) is 35.8 Å². The predicted molar refractivity (Wildman–Crippen MR) is 150 cm³/mol. The molecule has 0 aromatic heterocycles. The molecule has 44 heavy (non-hydrogen) atoms. The molecule has 1 heterocycles. The molecule has 1 aromatic carbocycles. The number of hydrogen-bond donors (Lipinski definition) is 2. The number of likely N-dealkylation sites (N-methyl/N-ethyl adjacent to an activating group) is 1. The van der Waals surface area contributed by atoms with Gasteiger partial charge in [0, 0.05) is 58.3 Å². The van der Waals surface area contributed by atoms with Gasteiger partial charge in [-0.25, -0.2) is 4.79 Å². The lowest BCUT2D eigenvalue weighted by Gasteiger charge is -2.71. The highest BCUT2D eigenvalue weighted by Gasteiger charge is 2.91. The third-order valence-corrected chi connectivity index (χ3v) is 12.6. The molecule has 1 aromatic rings. The number of quaternary nitrogens is 1. The number of nitrogens with zero attached hydrogens (tertiary/aromatic N) is 1. The van der Waals surface area contributed by atoms with Crippen LogP contribution < -0.4 is 0 Å². The second-order valence-electron chi connectivity index (χ2n) is 13.8. The standard InChI is InChI=1S/C32H41NO11/c1-6-33(39)14-31(42-5)18(35)12-19(40-3)32-17-13-30(38)27(44-29(37)16-10-8-7-9-11-16)20(17)21(23(36)28(30)43-15(2)34)22(26(32)33)24(41-4)25(31)32/h7-11,17-22,24-28,35,38H,6,12-14H2,1-5H3/t17-,18-,19?,20+,21+,22-,24+,25-,26?,27-,28-,30-,31+,32?,33?/m1/s1. The second kappa shape index (κ2) is 9.78. The Morgan fingerprint density at radius 1 is 1.09 bits per heavy atom. The zero-order chi connectivity index (χ0) is 31.6. The lowest BCUT2D eigenvalue weighted by molar-refractivity contribution is -0.932. The zero-order valence-corrected chi connectivity index (χ0v) is 25.6. The molecule has 4 unspecified atom stereocenters. The maximum absolute atomic E-state index is 15.2. The van der Waals surface area contributed by atoms with Gasteiger partial charge in [0.2, 0.25) is 0 Å². The SMILES string of the molecule is CC[N+]1([O-])C[C@]2(OC)[C@H](O)CC(OC)C34C1[C@@H]([C@H](OC)[C@@H]32)[C@H]1C(=O)[C@@H](OC(C)=O)[C@@]2(O)C[C@@H]4[C@@H]1[C@H]2OC(=O)c1ccccc1. The summed E-state index contributed by atoms with van der Waals surface area (Å²) in [6, 6.07) is 7.65. The van der Waals surface area contributed by atoms with Crippen molar-refractivity contribution in [2.24, 2.45) is 35.0 Å². The van der Waals surface area contributed by atoms with Crippen LogP contribution in [0.3, 0.4) is 0 Å². The van der Waals surface area contributed by atoms with Crippen LogP contribution in [0.25, 0.3) is 0 Å². The smallest absolute Gasteiger partial charge is 0.338 e. The van der Waals surface area contributed by atoms with Crippen molar-refractivity contribution in [1.29, 1.82) is 0 Å². The summed E-state index contributed by atoms with van der Waals surface area (Å²) in [7, 11) is 4.58. The molecular weight excluding hydrogens is 574 g/mol. The molecule has 5 aliphatic carbocycles. The number of carbonyl (C=O) groups is 3. The number of hydroxylamine groups is 3. The van der Waals surface area contributed by atoms with E-state index in [1.54, 1.807) is 44.4 Å². The Hall–Kier alpha value is -2.45. The Kier molecular flexibility index (Phi) is 6.71. The lowest BCUT2D eigenvalue weighted by Crippen LogP contribution is -2.83. The molecule has 12 nitrogen and oxygen atoms in total. The highest BCUT2D eigenvalue weighted by atomic mass is 16.6. The molecule has 240 valence electrons. The molecule has 6 fully saturated rings. The number of aliphatic hydroxyl groups excluding tert-OH is 1. The number of hydrogen-bond acceptors (Lipinski definition) is 11. The molecule has 2 N–H and O–H groups in total. The van der Waals surface area contributed by atoms with E-state index in [9.17, 15) is 24.6 Å². The topological polar surface area (TPSA) is 161 Å². The summed E-state index contributed by atoms with van der Waals surface area (Å²) in [5, 5.41) is 39.4. The minimum atomic E-state index is -2.05. The van der Waals surface area contributed by atoms with Crippen molar-refractivity contribution in [2.45, 2.75) is 74.5 Å². The third kappa shape index (κ3) is 3.35. The van der Waals surface area contributed by atoms with Gasteiger partial charge in [-0.3, -0.25) is 9.59 Å². The first kappa shape index (κ1) is 30.2. The number of carbonyl (C=O) groups excluding carboxylic acids is 3. The fourth-order valence-corrected chi connectivity index (χ4v) is 11.5. The first-order valence-electron chi connectivity index (χ1n) is 15.5. The number of piperidine rings is 1. The molecule has 15 atom stereocenters. The van der Waals surface area contributed by atoms with Gasteiger partial charge in [-0.15, -0.1) is 0 Å². The largest absolute Gasteiger partial charge is 0.632 e. The minimum Gasteiger partial charge on any atom is -0.632 e. The Labute approximate surface area is 255 Å². The Morgan fingerprint density at radius 3 is 2.39 bits per heavy atom. The van der Waals surface area contributed by atoms with Crippen molar-refractivity contribution in [2.75, 3.05) is 34.4 Å². The van der Waals surface area contributed by atoms with E-state index in [4.69, 9.17) is 23.7 Å². The number of Topliss-reactive ketones (excluding diaryl/α,β-unsaturated/α-hetero) is 1. The van der Waals surface area contributed by atoms with Gasteiger partial charge in [-0.2, -0.15) is 0 Å². The van der Waals surface area contributed by atoms with Crippen molar-refractivity contribution in [3.05, 3.63) is 41.1 Å². The molecule has 0 amide bonds. The molecule has 7 rings (SSSR count). The average molecular weight is 616 g/mol. The quantitative estimate of drug-likeness (QED) is 0.254. The second-order valence-corrected chi connectivity index (χ2v) is 13.8. The summed E-state index contributed by atoms with van der Waals surface area (Å²) < 4.78 is 29.6. The van der Waals surface area contributed by atoms with E-state index in [0.717, 1.165) is 6.92 Å². The number of fused-ring (bicyclic) bond motifs is 2. The van der Waals surface area contributed by atoms with E-state index in [1.165, 1.54) is 14.2 Å². The van der Waals surface area contributed by atoms with Crippen molar-refractivity contribution < 1.29 is 52.9 Å². The van der Waals surface area contributed by atoms with Gasteiger partial charge in [-0.1, -0.05) is 18.2 Å². The van der Waals surface area contributed by atoms with Crippen LogP contribution >= 0.6 is 0 Å². The van der Waals surface area contributed by atoms with Gasteiger partial charge >= 0.3 is 11.9 Å². The minimum absolute atomic E-state index is 0.0343. The fourth-order valence-electron chi connectivity index (χ4n) is 11.5. The van der Waals surface area contributed by atoms with Crippen molar-refractivity contribution in [3.8, 4) is 0 Å². The number of rotatable bonds is 7. The van der Waals surface area contributed by atoms with Crippen LogP contribution in [0.1, 0.15) is 37.0 Å². The highest BCUT2D eigenvalue weighted by Crippen LogP contribution is 2.78. The summed E-state index contributed by atoms with van der Waals surface area (Å²) in [6.45, 7) is 3.06. The summed E-state index contributed by atoms with van der Waals surface area (Å²) in [5.41, 5.74) is -4.12. The highest BCUT2D eigenvalue weighted by molar-refractivity contribution is 5.93. The molecule has 5 saturated carbocycles. The molecular formula is C32H41NO11. The van der Waals surface area contributed by atoms with E-state index in [1.807, 2.05) is 0 Å². The Morgan fingerprint density at radius 2 is 1.80 bits per heavy atom. The summed E-state index contributed by atoms with van der Waals surface area (Å²) in [5.74, 6) is -5.47. The monoisotopic (exact) mass is 615 g/mol. The number of methoxy groups -OCH3 is 3.